The zero-order valence-electron chi connectivity index (χ0n) is 10.7. The molecule has 0 aromatic heterocycles. The van der Waals surface area contributed by atoms with E-state index in [0.717, 1.165) is 18.6 Å². The molecular formula is C13H14ClF4NO. The number of hydrogen-bond donors (Lipinski definition) is 1. The van der Waals surface area contributed by atoms with Crippen molar-refractivity contribution in [3.05, 3.63) is 35.1 Å². The van der Waals surface area contributed by atoms with Gasteiger partial charge in [-0.2, -0.15) is 13.2 Å². The number of nitrogens with one attached hydrogen (secondary N) is 1. The van der Waals surface area contributed by atoms with Crippen molar-refractivity contribution in [3.8, 4) is 0 Å². The van der Waals surface area contributed by atoms with Crippen LogP contribution in [0.1, 0.15) is 35.7 Å². The molecule has 20 heavy (non-hydrogen) atoms. The minimum Gasteiger partial charge on any atom is -0.350 e. The molecule has 0 aliphatic carbocycles. The first kappa shape index (κ1) is 16.8. The van der Waals surface area contributed by atoms with E-state index >= 15 is 0 Å². The number of rotatable bonds is 5. The minimum absolute atomic E-state index is 0.0733. The van der Waals surface area contributed by atoms with Crippen molar-refractivity contribution in [2.75, 3.05) is 6.54 Å². The van der Waals surface area contributed by atoms with Crippen molar-refractivity contribution in [3.63, 3.8) is 0 Å². The lowest BCUT2D eigenvalue weighted by atomic mass is 10.1. The Morgan fingerprint density at radius 1 is 1.40 bits per heavy atom. The second-order valence-corrected chi connectivity index (χ2v) is 4.88. The van der Waals surface area contributed by atoms with Gasteiger partial charge in [0.2, 0.25) is 0 Å². The van der Waals surface area contributed by atoms with Crippen LogP contribution in [-0.2, 0) is 6.18 Å². The Bertz CT molecular complexity index is 476. The summed E-state index contributed by atoms with van der Waals surface area (Å²) in [5, 5.41) is 1.99. The molecule has 1 N–H and O–H groups in total. The molecule has 0 saturated heterocycles. The number of carbonyl (C=O) groups excluding carboxylic acids is 1. The maximum atomic E-state index is 13.7. The molecule has 1 rings (SSSR count). The first-order valence-corrected chi connectivity index (χ1v) is 6.49. The van der Waals surface area contributed by atoms with Crippen LogP contribution in [0.4, 0.5) is 17.6 Å². The number of carbonyl (C=O) groups is 1. The highest BCUT2D eigenvalue weighted by Crippen LogP contribution is 2.32. The van der Waals surface area contributed by atoms with Crippen molar-refractivity contribution >= 4 is 17.5 Å². The van der Waals surface area contributed by atoms with E-state index in [4.69, 9.17) is 11.6 Å². The third-order valence-corrected chi connectivity index (χ3v) is 3.01. The third kappa shape index (κ3) is 4.37. The number of hydrogen-bond acceptors (Lipinski definition) is 1. The molecule has 0 bridgehead atoms. The summed E-state index contributed by atoms with van der Waals surface area (Å²) >= 11 is 5.87. The van der Waals surface area contributed by atoms with E-state index in [-0.39, 0.29) is 11.9 Å². The molecule has 0 fully saturated rings. The van der Waals surface area contributed by atoms with Gasteiger partial charge in [0.05, 0.1) is 16.5 Å². The Morgan fingerprint density at radius 3 is 2.60 bits per heavy atom. The molecule has 2 nitrogen and oxygen atoms in total. The molecule has 0 aliphatic rings. The lowest BCUT2D eigenvalue weighted by Crippen LogP contribution is -2.30. The smallest absolute Gasteiger partial charge is 0.350 e. The number of halogens is 5. The first-order chi connectivity index (χ1) is 9.27. The highest BCUT2D eigenvalue weighted by molar-refractivity contribution is 6.20. The molecule has 0 radical (unpaired) electrons. The van der Waals surface area contributed by atoms with Crippen molar-refractivity contribution in [2.45, 2.75) is 31.3 Å². The van der Waals surface area contributed by atoms with E-state index in [2.05, 4.69) is 5.32 Å². The molecule has 1 atom stereocenters. The fraction of sp³-hybridized carbons (Fsp3) is 0.462. The third-order valence-electron chi connectivity index (χ3n) is 2.63. The summed E-state index contributed by atoms with van der Waals surface area (Å²) in [4.78, 5) is 11.7. The van der Waals surface area contributed by atoms with E-state index in [9.17, 15) is 22.4 Å². The van der Waals surface area contributed by atoms with Crippen molar-refractivity contribution < 1.29 is 22.4 Å². The van der Waals surface area contributed by atoms with Gasteiger partial charge >= 0.3 is 6.18 Å². The zero-order chi connectivity index (χ0) is 15.3. The summed E-state index contributed by atoms with van der Waals surface area (Å²) in [6, 6.07) is 2.58. The molecule has 112 valence electrons. The molecule has 0 heterocycles. The Labute approximate surface area is 119 Å². The van der Waals surface area contributed by atoms with Crippen LogP contribution in [0.3, 0.4) is 0 Å². The normalized spacial score (nSPS) is 13.1. The van der Waals surface area contributed by atoms with Gasteiger partial charge in [0.25, 0.3) is 5.91 Å². The Morgan fingerprint density at radius 2 is 2.05 bits per heavy atom. The molecule has 1 unspecified atom stereocenters. The van der Waals surface area contributed by atoms with Crippen molar-refractivity contribution in [1.82, 2.24) is 5.32 Å². The van der Waals surface area contributed by atoms with Gasteiger partial charge in [-0.3, -0.25) is 4.79 Å². The second kappa shape index (κ2) is 6.92. The van der Waals surface area contributed by atoms with Crippen LogP contribution in [0.2, 0.25) is 0 Å². The molecule has 1 aromatic carbocycles. The number of benzene rings is 1. The summed E-state index contributed by atoms with van der Waals surface area (Å²) in [5.41, 5.74) is -2.10. The molecule has 0 aliphatic heterocycles. The number of amides is 1. The Kier molecular flexibility index (Phi) is 5.80. The molecule has 0 saturated carbocycles. The average molecular weight is 312 g/mol. The molecule has 1 aromatic rings. The summed E-state index contributed by atoms with van der Waals surface area (Å²) in [6.45, 7) is 1.98. The van der Waals surface area contributed by atoms with Gasteiger partial charge in [0.15, 0.2) is 0 Å². The summed E-state index contributed by atoms with van der Waals surface area (Å²) < 4.78 is 51.2. The largest absolute Gasteiger partial charge is 0.419 e. The van der Waals surface area contributed by atoms with Gasteiger partial charge in [-0.05, 0) is 18.6 Å². The molecule has 1 amide bonds. The van der Waals surface area contributed by atoms with Gasteiger partial charge in [-0.25, -0.2) is 4.39 Å². The first-order valence-electron chi connectivity index (χ1n) is 6.05. The van der Waals surface area contributed by atoms with Gasteiger partial charge in [-0.15, -0.1) is 11.6 Å². The quantitative estimate of drug-likeness (QED) is 0.647. The summed E-state index contributed by atoms with van der Waals surface area (Å²) in [7, 11) is 0. The van der Waals surface area contributed by atoms with Crippen molar-refractivity contribution in [2.24, 2.45) is 0 Å². The summed E-state index contributed by atoms with van der Waals surface area (Å²) in [5.74, 6) is -2.48. The molecular weight excluding hydrogens is 298 g/mol. The highest BCUT2D eigenvalue weighted by Gasteiger charge is 2.35. The predicted molar refractivity (Wildman–Crippen MR) is 68.3 cm³/mol. The standard InChI is InChI=1S/C13H14ClF4NO/c1-2-4-8(14)7-19-12(20)9-5-3-6-10(11(9)15)13(16,17)18/h3,5-6,8H,2,4,7H2,1H3,(H,19,20). The van der Waals surface area contributed by atoms with Gasteiger partial charge in [0, 0.05) is 6.54 Å². The van der Waals surface area contributed by atoms with Crippen LogP contribution in [-0.4, -0.2) is 17.8 Å². The van der Waals surface area contributed by atoms with E-state index in [1.54, 1.807) is 0 Å². The predicted octanol–water partition coefficient (Wildman–Crippen LogP) is 3.98. The Hall–Kier alpha value is -1.30. The van der Waals surface area contributed by atoms with E-state index < -0.39 is 29.0 Å². The van der Waals surface area contributed by atoms with E-state index in [1.807, 2.05) is 6.92 Å². The van der Waals surface area contributed by atoms with Gasteiger partial charge in [0.1, 0.15) is 5.82 Å². The van der Waals surface area contributed by atoms with E-state index in [0.29, 0.717) is 12.5 Å². The zero-order valence-corrected chi connectivity index (χ0v) is 11.5. The van der Waals surface area contributed by atoms with Crippen LogP contribution in [0, 0.1) is 5.82 Å². The summed E-state index contributed by atoms with van der Waals surface area (Å²) in [6.07, 6.45) is -3.38. The van der Waals surface area contributed by atoms with Crippen LogP contribution >= 0.6 is 11.6 Å². The molecule has 7 heteroatoms. The van der Waals surface area contributed by atoms with E-state index in [1.165, 1.54) is 0 Å². The van der Waals surface area contributed by atoms with Crippen LogP contribution in [0.25, 0.3) is 0 Å². The maximum Gasteiger partial charge on any atom is 0.419 e. The maximum absolute atomic E-state index is 13.7. The van der Waals surface area contributed by atoms with Crippen LogP contribution < -0.4 is 5.32 Å². The van der Waals surface area contributed by atoms with Crippen LogP contribution in [0.5, 0.6) is 0 Å². The minimum atomic E-state index is -4.84. The lowest BCUT2D eigenvalue weighted by molar-refractivity contribution is -0.140. The Balaban J connectivity index is 2.84. The topological polar surface area (TPSA) is 29.1 Å². The molecule has 0 spiro atoms. The highest BCUT2D eigenvalue weighted by atomic mass is 35.5. The fourth-order valence-corrected chi connectivity index (χ4v) is 1.94. The number of alkyl halides is 4. The second-order valence-electron chi connectivity index (χ2n) is 4.26. The average Bonchev–Trinajstić information content (AvgIpc) is 2.35. The van der Waals surface area contributed by atoms with Crippen molar-refractivity contribution in [1.29, 1.82) is 0 Å². The fourth-order valence-electron chi connectivity index (χ4n) is 1.64. The van der Waals surface area contributed by atoms with Gasteiger partial charge in [-0.1, -0.05) is 19.4 Å². The lowest BCUT2D eigenvalue weighted by Gasteiger charge is -2.13. The van der Waals surface area contributed by atoms with Gasteiger partial charge < -0.3 is 5.32 Å². The van der Waals surface area contributed by atoms with Crippen LogP contribution in [0.15, 0.2) is 18.2 Å². The monoisotopic (exact) mass is 311 g/mol. The SMILES string of the molecule is CCCC(Cl)CNC(=O)c1cccc(C(F)(F)F)c1F.